The van der Waals surface area contributed by atoms with Crippen LogP contribution in [0, 0.1) is 0 Å². The summed E-state index contributed by atoms with van der Waals surface area (Å²) in [6.07, 6.45) is 11.3. The highest BCUT2D eigenvalue weighted by molar-refractivity contribution is 5.77. The van der Waals surface area contributed by atoms with E-state index in [1.54, 1.807) is 0 Å². The van der Waals surface area contributed by atoms with Crippen molar-refractivity contribution in [3.8, 4) is 0 Å². The topological polar surface area (TPSA) is 46.3 Å². The summed E-state index contributed by atoms with van der Waals surface area (Å²) in [6.45, 7) is 1.91. The Morgan fingerprint density at radius 1 is 0.941 bits per heavy atom. The Morgan fingerprint density at radius 3 is 2.06 bits per heavy atom. The van der Waals surface area contributed by atoms with Gasteiger partial charge in [0.05, 0.1) is 0 Å². The molecule has 0 aromatic heterocycles. The molecule has 3 nitrogen and oxygen atoms in total. The summed E-state index contributed by atoms with van der Waals surface area (Å²) in [6, 6.07) is 0. The van der Waals surface area contributed by atoms with Gasteiger partial charge in [0.2, 0.25) is 5.91 Å². The number of carbonyl (C=O) groups excluding carboxylic acids is 1. The van der Waals surface area contributed by atoms with E-state index in [9.17, 15) is 4.79 Å². The van der Waals surface area contributed by atoms with Gasteiger partial charge in [-0.25, -0.2) is 0 Å². The monoisotopic (exact) mass is 238 g/mol. The highest BCUT2D eigenvalue weighted by Crippen LogP contribution is 2.30. The predicted octanol–water partition coefficient (Wildman–Crippen LogP) is 2.44. The lowest BCUT2D eigenvalue weighted by atomic mass is 9.93. The minimum absolute atomic E-state index is 0.181. The maximum atomic E-state index is 12.3. The molecule has 0 aromatic rings. The first-order valence-corrected chi connectivity index (χ1v) is 7.26. The molecule has 0 aromatic carbocycles. The molecule has 3 heteroatoms. The summed E-state index contributed by atoms with van der Waals surface area (Å²) in [4.78, 5) is 14.3. The lowest BCUT2D eigenvalue weighted by Gasteiger charge is -2.29. The number of hydrogen-bond acceptors (Lipinski definition) is 2. The number of nitrogens with two attached hydrogens (primary N) is 1. The van der Waals surface area contributed by atoms with Crippen molar-refractivity contribution in [3.63, 3.8) is 0 Å². The molecule has 0 radical (unpaired) electrons. The van der Waals surface area contributed by atoms with Gasteiger partial charge in [0.25, 0.3) is 0 Å². The van der Waals surface area contributed by atoms with Crippen LogP contribution in [0.4, 0.5) is 0 Å². The van der Waals surface area contributed by atoms with Crippen molar-refractivity contribution in [1.29, 1.82) is 0 Å². The minimum Gasteiger partial charge on any atom is -0.343 e. The average molecular weight is 238 g/mol. The number of hydrogen-bond donors (Lipinski definition) is 1. The summed E-state index contributed by atoms with van der Waals surface area (Å²) in [5.41, 5.74) is 6.11. The summed E-state index contributed by atoms with van der Waals surface area (Å²) < 4.78 is 0. The molecule has 17 heavy (non-hydrogen) atoms. The molecular formula is C14H26N2O. The largest absolute Gasteiger partial charge is 0.343 e. The van der Waals surface area contributed by atoms with Crippen LogP contribution in [0.3, 0.4) is 0 Å². The molecule has 1 saturated carbocycles. The maximum Gasteiger partial charge on any atom is 0.224 e. The number of likely N-dealkylation sites (tertiary alicyclic amines) is 1. The van der Waals surface area contributed by atoms with Crippen LogP contribution < -0.4 is 5.73 Å². The van der Waals surface area contributed by atoms with Crippen molar-refractivity contribution in [1.82, 2.24) is 4.90 Å². The van der Waals surface area contributed by atoms with Gasteiger partial charge >= 0.3 is 0 Å². The van der Waals surface area contributed by atoms with Gasteiger partial charge in [-0.15, -0.1) is 0 Å². The van der Waals surface area contributed by atoms with Crippen molar-refractivity contribution >= 4 is 5.91 Å². The molecule has 0 spiro atoms. The summed E-state index contributed by atoms with van der Waals surface area (Å²) in [7, 11) is 0. The van der Waals surface area contributed by atoms with Crippen molar-refractivity contribution in [3.05, 3.63) is 0 Å². The molecule has 2 rings (SSSR count). The van der Waals surface area contributed by atoms with Gasteiger partial charge in [0.15, 0.2) is 0 Å². The Kier molecular flexibility index (Phi) is 4.43. The Bertz CT molecular complexity index is 251. The van der Waals surface area contributed by atoms with Crippen LogP contribution in [-0.4, -0.2) is 29.4 Å². The lowest BCUT2D eigenvalue weighted by Crippen LogP contribution is -2.44. The fourth-order valence-corrected chi connectivity index (χ4v) is 3.17. The highest BCUT2D eigenvalue weighted by Gasteiger charge is 2.33. The molecule has 0 unspecified atom stereocenters. The number of rotatable bonds is 2. The van der Waals surface area contributed by atoms with Crippen molar-refractivity contribution < 1.29 is 4.79 Å². The van der Waals surface area contributed by atoms with Crippen molar-refractivity contribution in [2.75, 3.05) is 13.1 Å². The maximum absolute atomic E-state index is 12.3. The van der Waals surface area contributed by atoms with E-state index in [2.05, 4.69) is 4.90 Å². The van der Waals surface area contributed by atoms with Gasteiger partial charge < -0.3 is 10.6 Å². The fourth-order valence-electron chi connectivity index (χ4n) is 3.17. The van der Waals surface area contributed by atoms with E-state index >= 15 is 0 Å². The summed E-state index contributed by atoms with van der Waals surface area (Å²) in [5, 5.41) is 0. The number of amides is 1. The normalized spacial score (nSPS) is 25.4. The minimum atomic E-state index is -0.181. The quantitative estimate of drug-likeness (QED) is 0.803. The Labute approximate surface area is 105 Å². The Morgan fingerprint density at radius 2 is 1.47 bits per heavy atom. The summed E-state index contributed by atoms with van der Waals surface area (Å²) >= 11 is 0. The molecule has 1 aliphatic carbocycles. The zero-order valence-corrected chi connectivity index (χ0v) is 10.9. The van der Waals surface area contributed by atoms with Crippen LogP contribution >= 0.6 is 0 Å². The third kappa shape index (κ3) is 3.70. The van der Waals surface area contributed by atoms with Crippen molar-refractivity contribution in [2.24, 2.45) is 5.73 Å². The first-order chi connectivity index (χ1) is 8.20. The zero-order chi connectivity index (χ0) is 12.1. The van der Waals surface area contributed by atoms with Gasteiger partial charge in [-0.2, -0.15) is 0 Å². The smallest absolute Gasteiger partial charge is 0.224 e. The van der Waals surface area contributed by atoms with Gasteiger partial charge in [-0.3, -0.25) is 4.79 Å². The zero-order valence-electron chi connectivity index (χ0n) is 10.9. The van der Waals surface area contributed by atoms with E-state index in [1.807, 2.05) is 0 Å². The molecule has 0 bridgehead atoms. The van der Waals surface area contributed by atoms with Gasteiger partial charge in [0, 0.05) is 25.0 Å². The third-order valence-electron chi connectivity index (χ3n) is 4.31. The van der Waals surface area contributed by atoms with Crippen LogP contribution in [0.15, 0.2) is 0 Å². The summed E-state index contributed by atoms with van der Waals surface area (Å²) in [5.74, 6) is 0.302. The van der Waals surface area contributed by atoms with E-state index in [-0.39, 0.29) is 5.54 Å². The second-order valence-electron chi connectivity index (χ2n) is 5.89. The second kappa shape index (κ2) is 5.85. The first kappa shape index (κ1) is 12.9. The van der Waals surface area contributed by atoms with Gasteiger partial charge in [0.1, 0.15) is 0 Å². The number of carbonyl (C=O) groups is 1. The van der Waals surface area contributed by atoms with E-state index in [0.29, 0.717) is 12.3 Å². The van der Waals surface area contributed by atoms with Crippen molar-refractivity contribution in [2.45, 2.75) is 69.7 Å². The SMILES string of the molecule is NC1(CC(=O)N2CCCCCCC2)CCCC1. The Hall–Kier alpha value is -0.570. The van der Waals surface area contributed by atoms with Crippen LogP contribution in [0.1, 0.15) is 64.2 Å². The van der Waals surface area contributed by atoms with Crippen LogP contribution in [0.2, 0.25) is 0 Å². The third-order valence-corrected chi connectivity index (χ3v) is 4.31. The molecule has 1 aliphatic heterocycles. The molecule has 1 saturated heterocycles. The standard InChI is InChI=1S/C14H26N2O/c15-14(8-4-5-9-14)12-13(17)16-10-6-2-1-3-7-11-16/h1-12,15H2. The molecule has 0 atom stereocenters. The molecular weight excluding hydrogens is 212 g/mol. The second-order valence-corrected chi connectivity index (χ2v) is 5.89. The molecule has 1 amide bonds. The highest BCUT2D eigenvalue weighted by atomic mass is 16.2. The van der Waals surface area contributed by atoms with Crippen LogP contribution in [0.25, 0.3) is 0 Å². The Balaban J connectivity index is 1.84. The predicted molar refractivity (Wildman–Crippen MR) is 69.7 cm³/mol. The van der Waals surface area contributed by atoms with E-state index in [1.165, 1.54) is 44.9 Å². The first-order valence-electron chi connectivity index (χ1n) is 7.26. The fraction of sp³-hybridized carbons (Fsp3) is 0.929. The average Bonchev–Trinajstić information content (AvgIpc) is 2.63. The molecule has 2 fully saturated rings. The van der Waals surface area contributed by atoms with Gasteiger partial charge in [-0.05, 0) is 25.7 Å². The van der Waals surface area contributed by atoms with Crippen LogP contribution in [0.5, 0.6) is 0 Å². The molecule has 98 valence electrons. The van der Waals surface area contributed by atoms with Gasteiger partial charge in [-0.1, -0.05) is 32.1 Å². The molecule has 2 aliphatic rings. The van der Waals surface area contributed by atoms with Crippen LogP contribution in [-0.2, 0) is 4.79 Å². The lowest BCUT2D eigenvalue weighted by molar-refractivity contribution is -0.132. The van der Waals surface area contributed by atoms with E-state index in [4.69, 9.17) is 5.73 Å². The molecule has 2 N–H and O–H groups in total. The molecule has 1 heterocycles. The number of nitrogens with zero attached hydrogens (tertiary/aromatic N) is 1. The van der Waals surface area contributed by atoms with E-state index in [0.717, 1.165) is 25.9 Å². The van der Waals surface area contributed by atoms with E-state index < -0.39 is 0 Å².